The van der Waals surface area contributed by atoms with Crippen LogP contribution in [0.25, 0.3) is 0 Å². The van der Waals surface area contributed by atoms with Crippen LogP contribution in [-0.2, 0) is 0 Å². The summed E-state index contributed by atoms with van der Waals surface area (Å²) in [6.45, 7) is 10.8. The van der Waals surface area contributed by atoms with E-state index in [2.05, 4.69) is 49.5 Å². The monoisotopic (exact) mass is 195 g/mol. The quantitative estimate of drug-likeness (QED) is 0.800. The highest BCUT2D eigenvalue weighted by Crippen LogP contribution is 2.15. The zero-order chi connectivity index (χ0) is 10.7. The van der Waals surface area contributed by atoms with Crippen LogP contribution in [0.5, 0.6) is 0 Å². The predicted octanol–water partition coefficient (Wildman–Crippen LogP) is 2.52. The van der Waals surface area contributed by atoms with Crippen molar-refractivity contribution < 1.29 is 0 Å². The summed E-state index contributed by atoms with van der Waals surface area (Å²) in [6, 6.07) is 1.28. The fourth-order valence-electron chi connectivity index (χ4n) is 1.67. The molecule has 1 aromatic rings. The van der Waals surface area contributed by atoms with Gasteiger partial charge < -0.3 is 9.88 Å². The van der Waals surface area contributed by atoms with Crippen LogP contribution in [0.3, 0.4) is 0 Å². The molecule has 0 fully saturated rings. The lowest BCUT2D eigenvalue weighted by atomic mass is 10.2. The molecule has 3 heteroatoms. The number of hydrogen-bond acceptors (Lipinski definition) is 2. The van der Waals surface area contributed by atoms with Gasteiger partial charge in [-0.1, -0.05) is 13.8 Å². The van der Waals surface area contributed by atoms with Crippen LogP contribution in [0.2, 0.25) is 0 Å². The third kappa shape index (κ3) is 2.58. The minimum absolute atomic E-state index is 0.312. The molecule has 0 aliphatic heterocycles. The van der Waals surface area contributed by atoms with Crippen LogP contribution in [0.1, 0.15) is 52.5 Å². The number of nitrogens with zero attached hydrogens (tertiary/aromatic N) is 2. The Kier molecular flexibility index (Phi) is 3.69. The highest BCUT2D eigenvalue weighted by atomic mass is 15.1. The second-order valence-electron chi connectivity index (χ2n) is 4.33. The van der Waals surface area contributed by atoms with E-state index >= 15 is 0 Å². The van der Waals surface area contributed by atoms with E-state index < -0.39 is 0 Å². The Bertz CT molecular complexity index is 276. The Labute approximate surface area is 86.5 Å². The molecule has 1 atom stereocenters. The number of nitrogens with one attached hydrogen (secondary N) is 1. The SMILES string of the molecule is CC(C)N[C@@H](C)c1nccn1C(C)C. The number of rotatable bonds is 4. The Hall–Kier alpha value is -0.830. The van der Waals surface area contributed by atoms with Crippen LogP contribution in [-0.4, -0.2) is 15.6 Å². The van der Waals surface area contributed by atoms with Crippen LogP contribution in [0.15, 0.2) is 12.4 Å². The molecule has 80 valence electrons. The van der Waals surface area contributed by atoms with Crippen molar-refractivity contribution >= 4 is 0 Å². The van der Waals surface area contributed by atoms with Gasteiger partial charge >= 0.3 is 0 Å². The number of imidazole rings is 1. The zero-order valence-corrected chi connectivity index (χ0v) is 9.78. The molecule has 0 saturated heterocycles. The van der Waals surface area contributed by atoms with E-state index in [0.717, 1.165) is 5.82 Å². The van der Waals surface area contributed by atoms with Crippen molar-refractivity contribution in [2.75, 3.05) is 0 Å². The Morgan fingerprint density at radius 2 is 1.86 bits per heavy atom. The minimum Gasteiger partial charge on any atom is -0.331 e. The summed E-state index contributed by atoms with van der Waals surface area (Å²) in [5.74, 6) is 1.12. The summed E-state index contributed by atoms with van der Waals surface area (Å²) in [6.07, 6.45) is 3.91. The molecule has 0 unspecified atom stereocenters. The first-order chi connectivity index (χ1) is 6.52. The fraction of sp³-hybridized carbons (Fsp3) is 0.727. The summed E-state index contributed by atoms with van der Waals surface area (Å²) in [5.41, 5.74) is 0. The molecular formula is C11H21N3. The van der Waals surface area contributed by atoms with Crippen molar-refractivity contribution in [2.24, 2.45) is 0 Å². The van der Waals surface area contributed by atoms with Gasteiger partial charge in [0.15, 0.2) is 0 Å². The lowest BCUT2D eigenvalue weighted by Crippen LogP contribution is -2.28. The summed E-state index contributed by atoms with van der Waals surface area (Å²) in [5, 5.41) is 3.46. The van der Waals surface area contributed by atoms with Crippen LogP contribution in [0, 0.1) is 0 Å². The van der Waals surface area contributed by atoms with Crippen LogP contribution >= 0.6 is 0 Å². The van der Waals surface area contributed by atoms with Crippen LogP contribution < -0.4 is 5.32 Å². The predicted molar refractivity (Wildman–Crippen MR) is 59.3 cm³/mol. The van der Waals surface area contributed by atoms with Gasteiger partial charge in [0.25, 0.3) is 0 Å². The molecule has 14 heavy (non-hydrogen) atoms. The van der Waals surface area contributed by atoms with Crippen molar-refractivity contribution in [1.29, 1.82) is 0 Å². The van der Waals surface area contributed by atoms with Gasteiger partial charge in [-0.05, 0) is 20.8 Å². The van der Waals surface area contributed by atoms with Gasteiger partial charge in [-0.15, -0.1) is 0 Å². The zero-order valence-electron chi connectivity index (χ0n) is 9.78. The molecule has 0 radical (unpaired) electrons. The molecule has 1 heterocycles. The van der Waals surface area contributed by atoms with Gasteiger partial charge in [-0.3, -0.25) is 0 Å². The Balaban J connectivity index is 2.78. The molecule has 0 saturated carbocycles. The van der Waals surface area contributed by atoms with Gasteiger partial charge in [-0.25, -0.2) is 4.98 Å². The maximum atomic E-state index is 4.39. The van der Waals surface area contributed by atoms with E-state index in [9.17, 15) is 0 Å². The summed E-state index contributed by atoms with van der Waals surface area (Å²) >= 11 is 0. The lowest BCUT2D eigenvalue weighted by Gasteiger charge is -2.19. The van der Waals surface area contributed by atoms with Gasteiger partial charge in [0.1, 0.15) is 5.82 Å². The van der Waals surface area contributed by atoms with E-state index in [4.69, 9.17) is 0 Å². The van der Waals surface area contributed by atoms with Crippen LogP contribution in [0.4, 0.5) is 0 Å². The molecule has 0 spiro atoms. The van der Waals surface area contributed by atoms with E-state index in [1.165, 1.54) is 0 Å². The maximum Gasteiger partial charge on any atom is 0.125 e. The van der Waals surface area contributed by atoms with Gasteiger partial charge in [0, 0.05) is 24.5 Å². The molecule has 0 aromatic carbocycles. The fourth-order valence-corrected chi connectivity index (χ4v) is 1.67. The highest BCUT2D eigenvalue weighted by molar-refractivity contribution is 4.99. The first-order valence-corrected chi connectivity index (χ1v) is 5.31. The molecule has 1 rings (SSSR count). The summed E-state index contributed by atoms with van der Waals surface area (Å²) in [7, 11) is 0. The Morgan fingerprint density at radius 3 is 2.36 bits per heavy atom. The van der Waals surface area contributed by atoms with E-state index in [0.29, 0.717) is 18.1 Å². The average molecular weight is 195 g/mol. The highest BCUT2D eigenvalue weighted by Gasteiger charge is 2.13. The summed E-state index contributed by atoms with van der Waals surface area (Å²) in [4.78, 5) is 4.39. The molecule has 1 N–H and O–H groups in total. The van der Waals surface area contributed by atoms with E-state index in [1.807, 2.05) is 12.4 Å². The minimum atomic E-state index is 0.312. The molecule has 0 amide bonds. The van der Waals surface area contributed by atoms with E-state index in [-0.39, 0.29) is 0 Å². The first-order valence-electron chi connectivity index (χ1n) is 5.31. The van der Waals surface area contributed by atoms with Crippen molar-refractivity contribution in [3.05, 3.63) is 18.2 Å². The molecule has 3 nitrogen and oxygen atoms in total. The van der Waals surface area contributed by atoms with Crippen molar-refractivity contribution in [1.82, 2.24) is 14.9 Å². The standard InChI is InChI=1S/C11H21N3/c1-8(2)13-10(5)11-12-6-7-14(11)9(3)4/h6-10,13H,1-5H3/t10-/m0/s1. The number of aromatic nitrogens is 2. The topological polar surface area (TPSA) is 29.9 Å². The number of hydrogen-bond donors (Lipinski definition) is 1. The lowest BCUT2D eigenvalue weighted by molar-refractivity contribution is 0.451. The van der Waals surface area contributed by atoms with Crippen molar-refractivity contribution in [2.45, 2.75) is 52.7 Å². The smallest absolute Gasteiger partial charge is 0.125 e. The summed E-state index contributed by atoms with van der Waals surface area (Å²) < 4.78 is 2.21. The molecule has 0 aliphatic carbocycles. The largest absolute Gasteiger partial charge is 0.331 e. The average Bonchev–Trinajstić information content (AvgIpc) is 2.49. The first kappa shape index (κ1) is 11.2. The second-order valence-corrected chi connectivity index (χ2v) is 4.33. The van der Waals surface area contributed by atoms with E-state index in [1.54, 1.807) is 0 Å². The molecule has 0 aliphatic rings. The third-order valence-corrected chi connectivity index (χ3v) is 2.23. The van der Waals surface area contributed by atoms with Gasteiger partial charge in [0.2, 0.25) is 0 Å². The third-order valence-electron chi connectivity index (χ3n) is 2.23. The van der Waals surface area contributed by atoms with Gasteiger partial charge in [-0.2, -0.15) is 0 Å². The molecule has 0 bridgehead atoms. The normalized spacial score (nSPS) is 13.9. The second kappa shape index (κ2) is 4.60. The van der Waals surface area contributed by atoms with Crippen molar-refractivity contribution in [3.8, 4) is 0 Å². The maximum absolute atomic E-state index is 4.39. The molecular weight excluding hydrogens is 174 g/mol. The van der Waals surface area contributed by atoms with Crippen molar-refractivity contribution in [3.63, 3.8) is 0 Å². The van der Waals surface area contributed by atoms with Gasteiger partial charge in [0.05, 0.1) is 6.04 Å². The Morgan fingerprint density at radius 1 is 1.21 bits per heavy atom. The molecule has 1 aromatic heterocycles.